The molecule has 1 N–H and O–H groups in total. The van der Waals surface area contributed by atoms with Gasteiger partial charge in [-0.3, -0.25) is 9.59 Å². The second kappa shape index (κ2) is 9.16. The van der Waals surface area contributed by atoms with Gasteiger partial charge in [-0.25, -0.2) is 4.98 Å². The van der Waals surface area contributed by atoms with E-state index in [-0.39, 0.29) is 16.8 Å². The second-order valence-corrected chi connectivity index (χ2v) is 10.9. The van der Waals surface area contributed by atoms with Crippen LogP contribution in [0.15, 0.2) is 35.6 Å². The third kappa shape index (κ3) is 4.79. The Hall–Kier alpha value is -2.51. The van der Waals surface area contributed by atoms with Crippen molar-refractivity contribution in [2.24, 2.45) is 0 Å². The first-order valence-electron chi connectivity index (χ1n) is 10.9. The number of amides is 1. The van der Waals surface area contributed by atoms with Crippen molar-refractivity contribution in [1.29, 1.82) is 0 Å². The summed E-state index contributed by atoms with van der Waals surface area (Å²) in [6.07, 6.45) is 0.739. The Kier molecular flexibility index (Phi) is 6.91. The molecule has 6 nitrogen and oxygen atoms in total. The van der Waals surface area contributed by atoms with Gasteiger partial charge in [0.05, 0.1) is 27.2 Å². The van der Waals surface area contributed by atoms with E-state index in [0.717, 1.165) is 23.5 Å². The summed E-state index contributed by atoms with van der Waals surface area (Å²) in [5.74, 6) is -1.26. The molecule has 1 aliphatic heterocycles. The van der Waals surface area contributed by atoms with Crippen molar-refractivity contribution in [3.8, 4) is 0 Å². The highest BCUT2D eigenvalue weighted by Gasteiger charge is 2.44. The summed E-state index contributed by atoms with van der Waals surface area (Å²) in [4.78, 5) is 35.1. The van der Waals surface area contributed by atoms with Gasteiger partial charge in [0.2, 0.25) is 5.78 Å². The fourth-order valence-corrected chi connectivity index (χ4v) is 4.92. The van der Waals surface area contributed by atoms with Crippen LogP contribution in [0.4, 0.5) is 0 Å². The zero-order valence-corrected chi connectivity index (χ0v) is 20.8. The van der Waals surface area contributed by atoms with E-state index < -0.39 is 17.7 Å². The Morgan fingerprint density at radius 3 is 2.31 bits per heavy atom. The lowest BCUT2D eigenvalue weighted by Crippen LogP contribution is -2.33. The van der Waals surface area contributed by atoms with Crippen molar-refractivity contribution < 1.29 is 14.7 Å². The molecule has 7 heteroatoms. The van der Waals surface area contributed by atoms with Crippen molar-refractivity contribution >= 4 is 23.0 Å². The van der Waals surface area contributed by atoms with Gasteiger partial charge in [0, 0.05) is 6.54 Å². The zero-order valence-electron chi connectivity index (χ0n) is 20.0. The zero-order chi connectivity index (χ0) is 23.8. The van der Waals surface area contributed by atoms with Crippen LogP contribution >= 0.6 is 11.3 Å². The van der Waals surface area contributed by atoms with Gasteiger partial charge in [0.15, 0.2) is 5.76 Å². The Bertz CT molecular complexity index is 1050. The molecule has 1 aromatic heterocycles. The molecule has 0 saturated heterocycles. The molecule has 0 spiro atoms. The van der Waals surface area contributed by atoms with Crippen LogP contribution < -0.4 is 0 Å². The number of thiazole rings is 1. The highest BCUT2D eigenvalue weighted by atomic mass is 32.1. The van der Waals surface area contributed by atoms with Gasteiger partial charge < -0.3 is 14.9 Å². The van der Waals surface area contributed by atoms with Gasteiger partial charge in [-0.05, 0) is 57.5 Å². The second-order valence-electron chi connectivity index (χ2n) is 9.67. The molecular weight excluding hydrogens is 422 g/mol. The molecular formula is C25H33N3O3S. The highest BCUT2D eigenvalue weighted by Crippen LogP contribution is 2.40. The lowest BCUT2D eigenvalue weighted by molar-refractivity contribution is -0.129. The maximum Gasteiger partial charge on any atom is 0.290 e. The molecule has 2 aromatic rings. The predicted octanol–water partition coefficient (Wildman–Crippen LogP) is 4.59. The lowest BCUT2D eigenvalue weighted by atomic mass is 9.85. The van der Waals surface area contributed by atoms with Crippen molar-refractivity contribution in [1.82, 2.24) is 14.8 Å². The van der Waals surface area contributed by atoms with E-state index in [4.69, 9.17) is 0 Å². The Morgan fingerprint density at radius 1 is 1.19 bits per heavy atom. The molecule has 3 rings (SSSR count). The number of aromatic nitrogens is 1. The topological polar surface area (TPSA) is 73.7 Å². The third-order valence-electron chi connectivity index (χ3n) is 5.75. The molecule has 0 aliphatic carbocycles. The summed E-state index contributed by atoms with van der Waals surface area (Å²) in [7, 11) is 3.96. The van der Waals surface area contributed by atoms with E-state index >= 15 is 0 Å². The standard InChI is InChI=1S/C25H33N3O3S/c1-15-23(32-16(2)26-15)21(29)19-20(17-9-11-18(12-10-17)25(3,4)5)28(24(31)22(19)30)14-8-13-27(6)7/h9-12,20,30H,8,13-14H2,1-7H3/t20-/m1/s1. The number of carbonyl (C=O) groups is 2. The first-order valence-corrected chi connectivity index (χ1v) is 11.7. The number of hydrogen-bond acceptors (Lipinski definition) is 6. The number of hydrogen-bond donors (Lipinski definition) is 1. The Balaban J connectivity index is 2.05. The van der Waals surface area contributed by atoms with E-state index in [1.165, 1.54) is 16.9 Å². The minimum atomic E-state index is -0.618. The molecule has 0 unspecified atom stereocenters. The number of carbonyl (C=O) groups excluding carboxylic acids is 2. The molecule has 32 heavy (non-hydrogen) atoms. The Labute approximate surface area is 194 Å². The Morgan fingerprint density at radius 2 is 1.81 bits per heavy atom. The monoisotopic (exact) mass is 455 g/mol. The summed E-state index contributed by atoms with van der Waals surface area (Å²) in [6.45, 7) is 11.3. The van der Waals surface area contributed by atoms with E-state index in [0.29, 0.717) is 17.1 Å². The summed E-state index contributed by atoms with van der Waals surface area (Å²) in [5, 5.41) is 11.6. The largest absolute Gasteiger partial charge is 0.503 e. The number of benzene rings is 1. The van der Waals surface area contributed by atoms with E-state index in [9.17, 15) is 14.7 Å². The minimum Gasteiger partial charge on any atom is -0.503 e. The van der Waals surface area contributed by atoms with Crippen LogP contribution in [0, 0.1) is 13.8 Å². The molecule has 1 atom stereocenters. The van der Waals surface area contributed by atoms with Crippen LogP contribution in [0.5, 0.6) is 0 Å². The molecule has 0 radical (unpaired) electrons. The number of nitrogens with zero attached hydrogens (tertiary/aromatic N) is 3. The van der Waals surface area contributed by atoms with Gasteiger partial charge >= 0.3 is 0 Å². The lowest BCUT2D eigenvalue weighted by Gasteiger charge is -2.28. The van der Waals surface area contributed by atoms with Crippen molar-refractivity contribution in [2.75, 3.05) is 27.2 Å². The molecule has 0 saturated carbocycles. The third-order valence-corrected chi connectivity index (χ3v) is 6.83. The van der Waals surface area contributed by atoms with E-state index in [1.54, 1.807) is 11.8 Å². The molecule has 2 heterocycles. The van der Waals surface area contributed by atoms with Crippen LogP contribution in [0.1, 0.15) is 64.7 Å². The number of aliphatic hydroxyl groups excluding tert-OH is 1. The average Bonchev–Trinajstić information content (AvgIpc) is 3.17. The van der Waals surface area contributed by atoms with Crippen LogP contribution in [0.3, 0.4) is 0 Å². The van der Waals surface area contributed by atoms with Crippen LogP contribution in [-0.4, -0.2) is 58.8 Å². The van der Waals surface area contributed by atoms with Gasteiger partial charge in [0.1, 0.15) is 0 Å². The number of aryl methyl sites for hydroxylation is 2. The summed E-state index contributed by atoms with van der Waals surface area (Å²) in [6, 6.07) is 7.39. The van der Waals surface area contributed by atoms with E-state index in [2.05, 4.69) is 30.7 Å². The van der Waals surface area contributed by atoms with E-state index in [1.807, 2.05) is 45.3 Å². The number of Topliss-reactive ketones (excluding diaryl/α,β-unsaturated/α-hetero) is 1. The normalized spacial score (nSPS) is 17.1. The van der Waals surface area contributed by atoms with Gasteiger partial charge in [-0.1, -0.05) is 45.0 Å². The number of rotatable bonds is 7. The van der Waals surface area contributed by atoms with Crippen LogP contribution in [-0.2, 0) is 10.2 Å². The number of ketones is 1. The first-order chi connectivity index (χ1) is 14.9. The molecule has 1 aromatic carbocycles. The van der Waals surface area contributed by atoms with Gasteiger partial charge in [0.25, 0.3) is 5.91 Å². The average molecular weight is 456 g/mol. The maximum absolute atomic E-state index is 13.5. The molecule has 0 fully saturated rings. The van der Waals surface area contributed by atoms with Crippen molar-refractivity contribution in [3.05, 3.63) is 62.3 Å². The minimum absolute atomic E-state index is 0.0106. The van der Waals surface area contributed by atoms with Crippen molar-refractivity contribution in [2.45, 2.75) is 52.5 Å². The quantitative estimate of drug-likeness (QED) is 0.618. The number of aliphatic hydroxyl groups is 1. The smallest absolute Gasteiger partial charge is 0.290 e. The molecule has 0 bridgehead atoms. The summed E-state index contributed by atoms with van der Waals surface area (Å²) < 4.78 is 0. The summed E-state index contributed by atoms with van der Waals surface area (Å²) in [5.41, 5.74) is 2.75. The predicted molar refractivity (Wildman–Crippen MR) is 128 cm³/mol. The molecule has 172 valence electrons. The first kappa shape index (κ1) is 24.1. The van der Waals surface area contributed by atoms with Crippen LogP contribution in [0.25, 0.3) is 0 Å². The fourth-order valence-electron chi connectivity index (χ4n) is 4.05. The molecule has 1 amide bonds. The maximum atomic E-state index is 13.5. The van der Waals surface area contributed by atoms with Crippen molar-refractivity contribution in [3.63, 3.8) is 0 Å². The highest BCUT2D eigenvalue weighted by molar-refractivity contribution is 7.14. The van der Waals surface area contributed by atoms with Gasteiger partial charge in [-0.2, -0.15) is 0 Å². The van der Waals surface area contributed by atoms with Crippen LogP contribution in [0.2, 0.25) is 0 Å². The van der Waals surface area contributed by atoms with Gasteiger partial charge in [-0.15, -0.1) is 11.3 Å². The summed E-state index contributed by atoms with van der Waals surface area (Å²) >= 11 is 1.30. The SMILES string of the molecule is Cc1nc(C)c(C(=O)C2=C(O)C(=O)N(CCCN(C)C)[C@@H]2c2ccc(C(C)(C)C)cc2)s1. The fraction of sp³-hybridized carbons (Fsp3) is 0.480. The molecule has 1 aliphatic rings.